The van der Waals surface area contributed by atoms with Crippen molar-refractivity contribution < 1.29 is 9.53 Å². The first-order chi connectivity index (χ1) is 8.24. The number of methoxy groups -OCH3 is 1. The molecule has 0 amide bonds. The molecule has 1 unspecified atom stereocenters. The van der Waals surface area contributed by atoms with Crippen LogP contribution in [0.1, 0.15) is 35.4 Å². The normalized spacial score (nSPS) is 15.4. The minimum absolute atomic E-state index is 0.0772. The topological polar surface area (TPSA) is 52.3 Å². The third-order valence-electron chi connectivity index (χ3n) is 3.52. The SMILES string of the molecule is COC(=O)CC(CN)c1ccc2c(c1)CCC2. The molecule has 1 aromatic carbocycles. The molecule has 0 aliphatic heterocycles. The molecule has 0 spiro atoms. The van der Waals surface area contributed by atoms with Crippen molar-refractivity contribution in [2.75, 3.05) is 13.7 Å². The van der Waals surface area contributed by atoms with Gasteiger partial charge in [0.15, 0.2) is 0 Å². The second kappa shape index (κ2) is 5.32. The van der Waals surface area contributed by atoms with Crippen LogP contribution >= 0.6 is 0 Å². The number of hydrogen-bond donors (Lipinski definition) is 1. The highest BCUT2D eigenvalue weighted by atomic mass is 16.5. The van der Waals surface area contributed by atoms with E-state index in [9.17, 15) is 4.79 Å². The van der Waals surface area contributed by atoms with E-state index in [2.05, 4.69) is 18.2 Å². The van der Waals surface area contributed by atoms with Crippen LogP contribution in [0, 0.1) is 0 Å². The molecule has 0 saturated heterocycles. The van der Waals surface area contributed by atoms with E-state index < -0.39 is 0 Å². The van der Waals surface area contributed by atoms with Crippen LogP contribution in [0.15, 0.2) is 18.2 Å². The number of rotatable bonds is 4. The summed E-state index contributed by atoms with van der Waals surface area (Å²) in [4.78, 5) is 11.3. The van der Waals surface area contributed by atoms with Gasteiger partial charge < -0.3 is 10.5 Å². The van der Waals surface area contributed by atoms with Crippen molar-refractivity contribution in [3.8, 4) is 0 Å². The van der Waals surface area contributed by atoms with E-state index in [0.717, 1.165) is 6.42 Å². The first kappa shape index (κ1) is 12.1. The highest BCUT2D eigenvalue weighted by molar-refractivity contribution is 5.70. The Morgan fingerprint density at radius 1 is 1.41 bits per heavy atom. The highest BCUT2D eigenvalue weighted by Gasteiger charge is 2.18. The molecule has 1 aliphatic carbocycles. The third kappa shape index (κ3) is 2.67. The van der Waals surface area contributed by atoms with E-state index in [1.165, 1.54) is 36.6 Å². The van der Waals surface area contributed by atoms with Gasteiger partial charge in [-0.05, 0) is 42.5 Å². The van der Waals surface area contributed by atoms with Crippen LogP contribution in [0.2, 0.25) is 0 Å². The van der Waals surface area contributed by atoms with Gasteiger partial charge in [0.1, 0.15) is 0 Å². The Morgan fingerprint density at radius 3 is 2.88 bits per heavy atom. The number of hydrogen-bond acceptors (Lipinski definition) is 3. The molecular weight excluding hydrogens is 214 g/mol. The van der Waals surface area contributed by atoms with Gasteiger partial charge in [0.2, 0.25) is 0 Å². The average Bonchev–Trinajstić information content (AvgIpc) is 2.82. The molecule has 1 aromatic rings. The maximum Gasteiger partial charge on any atom is 0.306 e. The molecule has 17 heavy (non-hydrogen) atoms. The number of esters is 1. The summed E-state index contributed by atoms with van der Waals surface area (Å²) in [5.41, 5.74) is 9.78. The molecule has 0 fully saturated rings. The van der Waals surface area contributed by atoms with E-state index in [4.69, 9.17) is 10.5 Å². The fourth-order valence-electron chi connectivity index (χ4n) is 2.47. The Hall–Kier alpha value is -1.35. The molecule has 0 heterocycles. The van der Waals surface area contributed by atoms with Crippen molar-refractivity contribution in [2.24, 2.45) is 5.73 Å². The van der Waals surface area contributed by atoms with Gasteiger partial charge in [-0.3, -0.25) is 4.79 Å². The van der Waals surface area contributed by atoms with Crippen LogP contribution < -0.4 is 5.73 Å². The van der Waals surface area contributed by atoms with Gasteiger partial charge in [-0.25, -0.2) is 0 Å². The fraction of sp³-hybridized carbons (Fsp3) is 0.500. The van der Waals surface area contributed by atoms with Gasteiger partial charge in [0, 0.05) is 5.92 Å². The number of nitrogens with two attached hydrogens (primary N) is 1. The zero-order valence-corrected chi connectivity index (χ0v) is 10.2. The molecular formula is C14H19NO2. The minimum atomic E-state index is -0.194. The number of ether oxygens (including phenoxy) is 1. The highest BCUT2D eigenvalue weighted by Crippen LogP contribution is 2.27. The molecule has 3 heteroatoms. The molecule has 2 rings (SSSR count). The molecule has 0 bridgehead atoms. The number of aryl methyl sites for hydroxylation is 2. The van der Waals surface area contributed by atoms with Crippen LogP contribution in [-0.4, -0.2) is 19.6 Å². The van der Waals surface area contributed by atoms with Gasteiger partial charge in [-0.1, -0.05) is 18.2 Å². The summed E-state index contributed by atoms with van der Waals surface area (Å²) in [5, 5.41) is 0. The van der Waals surface area contributed by atoms with Crippen molar-refractivity contribution in [3.63, 3.8) is 0 Å². The monoisotopic (exact) mass is 233 g/mol. The molecule has 0 aromatic heterocycles. The summed E-state index contributed by atoms with van der Waals surface area (Å²) >= 11 is 0. The molecule has 1 atom stereocenters. The maximum atomic E-state index is 11.3. The summed E-state index contributed by atoms with van der Waals surface area (Å²) in [6.45, 7) is 0.480. The van der Waals surface area contributed by atoms with Crippen molar-refractivity contribution in [1.82, 2.24) is 0 Å². The zero-order chi connectivity index (χ0) is 12.3. The van der Waals surface area contributed by atoms with Crippen molar-refractivity contribution in [3.05, 3.63) is 34.9 Å². The Balaban J connectivity index is 2.16. The lowest BCUT2D eigenvalue weighted by atomic mass is 9.93. The van der Waals surface area contributed by atoms with Gasteiger partial charge >= 0.3 is 5.97 Å². The average molecular weight is 233 g/mol. The lowest BCUT2D eigenvalue weighted by molar-refractivity contribution is -0.141. The number of benzene rings is 1. The first-order valence-corrected chi connectivity index (χ1v) is 6.13. The lowest BCUT2D eigenvalue weighted by Crippen LogP contribution is -2.17. The predicted octanol–water partition coefficient (Wildman–Crippen LogP) is 1.78. The number of fused-ring (bicyclic) bond motifs is 1. The van der Waals surface area contributed by atoms with Crippen LogP contribution in [0.4, 0.5) is 0 Å². The summed E-state index contributed by atoms with van der Waals surface area (Å²) in [7, 11) is 1.42. The van der Waals surface area contributed by atoms with Gasteiger partial charge in [0.25, 0.3) is 0 Å². The van der Waals surface area contributed by atoms with Crippen LogP contribution in [0.3, 0.4) is 0 Å². The Kier molecular flexibility index (Phi) is 3.79. The van der Waals surface area contributed by atoms with Gasteiger partial charge in [-0.2, -0.15) is 0 Å². The predicted molar refractivity (Wildman–Crippen MR) is 66.9 cm³/mol. The molecule has 3 nitrogen and oxygen atoms in total. The quantitative estimate of drug-likeness (QED) is 0.806. The first-order valence-electron chi connectivity index (χ1n) is 6.13. The van der Waals surface area contributed by atoms with E-state index in [1.807, 2.05) is 0 Å². The Morgan fingerprint density at radius 2 is 2.18 bits per heavy atom. The van der Waals surface area contributed by atoms with Crippen LogP contribution in [0.5, 0.6) is 0 Å². The second-order valence-corrected chi connectivity index (χ2v) is 4.59. The van der Waals surface area contributed by atoms with Gasteiger partial charge in [-0.15, -0.1) is 0 Å². The van der Waals surface area contributed by atoms with E-state index in [-0.39, 0.29) is 11.9 Å². The molecule has 92 valence electrons. The summed E-state index contributed by atoms with van der Waals surface area (Å²) in [6.07, 6.45) is 3.94. The lowest BCUT2D eigenvalue weighted by Gasteiger charge is -2.15. The largest absolute Gasteiger partial charge is 0.469 e. The standard InChI is InChI=1S/C14H19NO2/c1-17-14(16)8-13(9-15)12-6-5-10-3-2-4-11(10)7-12/h5-7,13H,2-4,8-9,15H2,1H3. The van der Waals surface area contributed by atoms with E-state index in [0.29, 0.717) is 13.0 Å². The second-order valence-electron chi connectivity index (χ2n) is 4.59. The Bertz CT molecular complexity index is 415. The van der Waals surface area contributed by atoms with Crippen molar-refractivity contribution in [2.45, 2.75) is 31.6 Å². The van der Waals surface area contributed by atoms with E-state index in [1.54, 1.807) is 0 Å². The summed E-state index contributed by atoms with van der Waals surface area (Å²) in [6, 6.07) is 6.49. The molecule has 0 radical (unpaired) electrons. The molecule has 0 saturated carbocycles. The van der Waals surface area contributed by atoms with Crippen LogP contribution in [-0.2, 0) is 22.4 Å². The minimum Gasteiger partial charge on any atom is -0.469 e. The third-order valence-corrected chi connectivity index (χ3v) is 3.52. The smallest absolute Gasteiger partial charge is 0.306 e. The van der Waals surface area contributed by atoms with Gasteiger partial charge in [0.05, 0.1) is 13.5 Å². The fourth-order valence-corrected chi connectivity index (χ4v) is 2.47. The number of carbonyl (C=O) groups is 1. The van der Waals surface area contributed by atoms with Crippen LogP contribution in [0.25, 0.3) is 0 Å². The summed E-state index contributed by atoms with van der Waals surface area (Å²) in [5.74, 6) is -0.116. The van der Waals surface area contributed by atoms with E-state index >= 15 is 0 Å². The Labute approximate surface area is 102 Å². The summed E-state index contributed by atoms with van der Waals surface area (Å²) < 4.78 is 4.70. The van der Waals surface area contributed by atoms with Crippen molar-refractivity contribution >= 4 is 5.97 Å². The number of carbonyl (C=O) groups excluding carboxylic acids is 1. The molecule has 2 N–H and O–H groups in total. The van der Waals surface area contributed by atoms with Crippen molar-refractivity contribution in [1.29, 1.82) is 0 Å². The zero-order valence-electron chi connectivity index (χ0n) is 10.2. The molecule has 1 aliphatic rings. The maximum absolute atomic E-state index is 11.3.